The largest absolute Gasteiger partial charge is 0.344 e. The van der Waals surface area contributed by atoms with Gasteiger partial charge in [0.25, 0.3) is 0 Å². The van der Waals surface area contributed by atoms with Crippen LogP contribution in [0.2, 0.25) is 5.02 Å². The fraction of sp³-hybridized carbons (Fsp3) is 0.136. The van der Waals surface area contributed by atoms with Crippen molar-refractivity contribution in [3.63, 3.8) is 0 Å². The molecular formula is C22H22Cl2FeN3. The number of benzene rings is 2. The fourth-order valence-electron chi connectivity index (χ4n) is 3.10. The molecule has 0 aliphatic rings. The Bertz CT molecular complexity index is 1170. The predicted molar refractivity (Wildman–Crippen MR) is 120 cm³/mol. The molecule has 0 saturated carbocycles. The molecule has 3 nitrogen and oxygen atoms in total. The van der Waals surface area contributed by atoms with Crippen molar-refractivity contribution in [3.8, 4) is 0 Å². The van der Waals surface area contributed by atoms with Gasteiger partial charge < -0.3 is 6.15 Å². The van der Waals surface area contributed by atoms with Crippen molar-refractivity contribution in [2.45, 2.75) is 20.8 Å². The number of aromatic nitrogens is 2. The smallest absolute Gasteiger partial charge is 0.147 e. The van der Waals surface area contributed by atoms with Crippen molar-refractivity contribution in [1.82, 2.24) is 16.1 Å². The van der Waals surface area contributed by atoms with E-state index in [1.165, 1.54) is 20.0 Å². The van der Waals surface area contributed by atoms with Gasteiger partial charge in [0.15, 0.2) is 0 Å². The van der Waals surface area contributed by atoms with Gasteiger partial charge in [-0.2, -0.15) is 0 Å². The van der Waals surface area contributed by atoms with E-state index in [9.17, 15) is 0 Å². The van der Waals surface area contributed by atoms with Gasteiger partial charge in [-0.1, -0.05) is 0 Å². The molecule has 0 unspecified atom stereocenters. The Labute approximate surface area is 182 Å². The second kappa shape index (κ2) is 9.13. The summed E-state index contributed by atoms with van der Waals surface area (Å²) >= 11 is 7.29. The third-order valence-corrected chi connectivity index (χ3v) is 6.49. The van der Waals surface area contributed by atoms with Gasteiger partial charge in [-0.25, -0.2) is 0 Å². The summed E-state index contributed by atoms with van der Waals surface area (Å²) in [6, 6.07) is 16.6. The van der Waals surface area contributed by atoms with Crippen molar-refractivity contribution in [2.24, 2.45) is 0 Å². The number of hydrogen-bond acceptors (Lipinski definition) is 3. The van der Waals surface area contributed by atoms with E-state index in [0.717, 1.165) is 47.0 Å². The molecule has 2 heterocycles. The van der Waals surface area contributed by atoms with Crippen LogP contribution >= 0.6 is 24.0 Å². The maximum absolute atomic E-state index is 6.50. The zero-order chi connectivity index (χ0) is 18.3. The second-order valence-electron chi connectivity index (χ2n) is 6.38. The van der Waals surface area contributed by atoms with Gasteiger partial charge in [-0.3, -0.25) is 0 Å². The quantitative estimate of drug-likeness (QED) is 0.317. The number of rotatable bonds is 2. The van der Waals surface area contributed by atoms with Crippen molar-refractivity contribution in [2.75, 3.05) is 0 Å². The van der Waals surface area contributed by atoms with Gasteiger partial charge in [0.2, 0.25) is 0 Å². The third kappa shape index (κ3) is 4.27. The average molecular weight is 455 g/mol. The molecule has 28 heavy (non-hydrogen) atoms. The fourth-order valence-corrected chi connectivity index (χ4v) is 4.77. The topological polar surface area (TPSA) is 60.8 Å². The summed E-state index contributed by atoms with van der Waals surface area (Å²) in [5, 5.41) is 3.05. The summed E-state index contributed by atoms with van der Waals surface area (Å²) in [4.78, 5) is 9.47. The maximum atomic E-state index is 6.50. The van der Waals surface area contributed by atoms with Gasteiger partial charge >= 0.3 is 164 Å². The Kier molecular flexibility index (Phi) is 7.33. The molecule has 6 heteroatoms. The van der Waals surface area contributed by atoms with Gasteiger partial charge in [-0.05, 0) is 0 Å². The zero-order valence-corrected chi connectivity index (χ0v) is 18.6. The van der Waals surface area contributed by atoms with Gasteiger partial charge in [-0.15, -0.1) is 12.4 Å². The first-order valence-electron chi connectivity index (χ1n) is 8.40. The predicted octanol–water partition coefficient (Wildman–Crippen LogP) is 5.59. The summed E-state index contributed by atoms with van der Waals surface area (Å²) in [6.45, 7) is 6.32. The number of aryl methyl sites for hydroxylation is 2. The van der Waals surface area contributed by atoms with E-state index in [-0.39, 0.29) is 18.6 Å². The molecule has 4 aromatic rings. The normalized spacial score (nSPS) is 11.5. The monoisotopic (exact) mass is 454 g/mol. The van der Waals surface area contributed by atoms with Gasteiger partial charge in [0.1, 0.15) is 0 Å². The Morgan fingerprint density at radius 2 is 1.64 bits per heavy atom. The van der Waals surface area contributed by atoms with Crippen LogP contribution < -0.4 is 10.6 Å². The molecule has 0 fully saturated rings. The first-order chi connectivity index (χ1) is 12.5. The molecule has 0 amide bonds. The van der Waals surface area contributed by atoms with E-state index in [0.29, 0.717) is 0 Å². The average Bonchev–Trinajstić information content (AvgIpc) is 2.64. The molecule has 3 N–H and O–H groups in total. The molecule has 0 radical (unpaired) electrons. The van der Waals surface area contributed by atoms with Crippen molar-refractivity contribution in [3.05, 3.63) is 76.6 Å². The third-order valence-electron chi connectivity index (χ3n) is 4.34. The van der Waals surface area contributed by atoms with Gasteiger partial charge in [0, 0.05) is 0 Å². The van der Waals surface area contributed by atoms with E-state index in [1.54, 1.807) is 0 Å². The SMILES string of the molecule is C/[C](=[Fe]\[c]1c(C)cc(C)cc1Cl)c1ccc2ccc3cccnc3c2n1.Cl.N. The Morgan fingerprint density at radius 1 is 0.964 bits per heavy atom. The molecule has 0 saturated heterocycles. The molecule has 4 rings (SSSR count). The van der Waals surface area contributed by atoms with Crippen molar-refractivity contribution in [1.29, 1.82) is 0 Å². The van der Waals surface area contributed by atoms with E-state index in [1.807, 2.05) is 18.3 Å². The maximum Gasteiger partial charge on any atom is -0.147 e. The summed E-state index contributed by atoms with van der Waals surface area (Å²) < 4.78 is 2.38. The van der Waals surface area contributed by atoms with Crippen LogP contribution in [0.4, 0.5) is 0 Å². The number of pyridine rings is 2. The molecule has 0 atom stereocenters. The Hall–Kier alpha value is -1.81. The zero-order valence-electron chi connectivity index (χ0n) is 15.9. The number of fused-ring (bicyclic) bond motifs is 3. The number of hydrogen-bond donors (Lipinski definition) is 1. The second-order valence-corrected chi connectivity index (χ2v) is 8.44. The Balaban J connectivity index is 0.00000140. The van der Waals surface area contributed by atoms with Crippen LogP contribution in [0.1, 0.15) is 23.7 Å². The minimum absolute atomic E-state index is 0. The number of halogens is 2. The van der Waals surface area contributed by atoms with Gasteiger partial charge in [0.05, 0.1) is 0 Å². The molecule has 0 bridgehead atoms. The summed E-state index contributed by atoms with van der Waals surface area (Å²) in [6.07, 6.45) is 1.82. The van der Waals surface area contributed by atoms with Crippen LogP contribution in [-0.2, 0) is 14.5 Å². The summed E-state index contributed by atoms with van der Waals surface area (Å²) in [5.41, 5.74) is 5.31. The molecular weight excluding hydrogens is 433 g/mol. The molecule has 0 aliphatic heterocycles. The molecule has 0 spiro atoms. The Morgan fingerprint density at radius 3 is 2.36 bits per heavy atom. The van der Waals surface area contributed by atoms with E-state index in [4.69, 9.17) is 16.6 Å². The first kappa shape index (κ1) is 22.5. The number of nitrogens with zero attached hydrogens (tertiary/aromatic N) is 2. The molecule has 2 aromatic heterocycles. The van der Waals surface area contributed by atoms with Crippen molar-refractivity contribution >= 4 is 54.7 Å². The van der Waals surface area contributed by atoms with E-state index in [2.05, 4.69) is 62.2 Å². The molecule has 2 aromatic carbocycles. The summed E-state index contributed by atoms with van der Waals surface area (Å²) in [7, 11) is 0. The van der Waals surface area contributed by atoms with Crippen LogP contribution in [0.3, 0.4) is 0 Å². The van der Waals surface area contributed by atoms with Crippen LogP contribution in [0.25, 0.3) is 21.8 Å². The summed E-state index contributed by atoms with van der Waals surface area (Å²) in [5.74, 6) is 0. The molecule has 0 aliphatic carbocycles. The standard InChI is InChI=1S/C14H10N2.C8H8Cl.ClH.Fe.H3N/c1-2-12-8-7-11-6-5-10-4-3-9-15-13(10)14(11)16-12;1-6-3-7(2)5-8(9)4-6;;;/h3-9H,1H3;3-4H,1-2H3;1H;;1H3. The van der Waals surface area contributed by atoms with E-state index < -0.39 is 0 Å². The van der Waals surface area contributed by atoms with Crippen LogP contribution in [0.5, 0.6) is 0 Å². The minimum atomic E-state index is 0. The van der Waals surface area contributed by atoms with Crippen LogP contribution in [-0.4, -0.2) is 14.4 Å². The first-order valence-corrected chi connectivity index (χ1v) is 9.89. The van der Waals surface area contributed by atoms with Crippen molar-refractivity contribution < 1.29 is 14.5 Å². The van der Waals surface area contributed by atoms with Crippen LogP contribution in [0.15, 0.2) is 54.7 Å². The van der Waals surface area contributed by atoms with Crippen LogP contribution in [0, 0.1) is 13.8 Å². The van der Waals surface area contributed by atoms with E-state index >= 15 is 0 Å². The molecule has 147 valence electrons. The minimum Gasteiger partial charge on any atom is -0.344 e.